The third-order valence-electron chi connectivity index (χ3n) is 0.927. The number of halogens is 1. The molecule has 0 radical (unpaired) electrons. The average molecular weight is 147 g/mol. The van der Waals surface area contributed by atoms with Crippen molar-refractivity contribution in [3.05, 3.63) is 11.1 Å². The highest BCUT2D eigenvalue weighted by molar-refractivity contribution is 6.29. The van der Waals surface area contributed by atoms with Gasteiger partial charge in [0.15, 0.2) is 0 Å². The minimum Gasteiger partial charge on any atom is -0.0895 e. The molecule has 0 heterocycles. The van der Waals surface area contributed by atoms with Gasteiger partial charge in [-0.05, 0) is 11.8 Å². The van der Waals surface area contributed by atoms with Gasteiger partial charge in [-0.1, -0.05) is 45.4 Å². The second-order valence-corrected chi connectivity index (χ2v) is 3.80. The molecule has 0 spiro atoms. The summed E-state index contributed by atoms with van der Waals surface area (Å²) >= 11 is 5.81. The fourth-order valence-corrected chi connectivity index (χ4v) is 0.899. The van der Waals surface area contributed by atoms with Crippen molar-refractivity contribution in [2.24, 2.45) is 5.41 Å². The highest BCUT2D eigenvalue weighted by Gasteiger charge is 2.05. The second kappa shape index (κ2) is 3.26. The second-order valence-electron chi connectivity index (χ2n) is 3.31. The fraction of sp³-hybridized carbons (Fsp3) is 0.750. The van der Waals surface area contributed by atoms with Crippen LogP contribution in [0.4, 0.5) is 0 Å². The molecule has 9 heavy (non-hydrogen) atoms. The van der Waals surface area contributed by atoms with Gasteiger partial charge in [0.05, 0.1) is 0 Å². The van der Waals surface area contributed by atoms with E-state index >= 15 is 0 Å². The first-order valence-electron chi connectivity index (χ1n) is 3.33. The van der Waals surface area contributed by atoms with Crippen molar-refractivity contribution in [3.8, 4) is 0 Å². The SMILES string of the molecule is CCC(Cl)=CC(C)(C)C. The van der Waals surface area contributed by atoms with Crippen LogP contribution in [0.5, 0.6) is 0 Å². The van der Waals surface area contributed by atoms with Crippen molar-refractivity contribution in [2.75, 3.05) is 0 Å². The standard InChI is InChI=1S/C8H15Cl/c1-5-7(9)6-8(2,3)4/h6H,5H2,1-4H3. The van der Waals surface area contributed by atoms with Gasteiger partial charge in [-0.15, -0.1) is 0 Å². The minimum atomic E-state index is 0.229. The van der Waals surface area contributed by atoms with Crippen LogP contribution in [0.1, 0.15) is 34.1 Å². The summed E-state index contributed by atoms with van der Waals surface area (Å²) in [6.07, 6.45) is 3.04. The summed E-state index contributed by atoms with van der Waals surface area (Å²) in [6.45, 7) is 8.49. The smallest absolute Gasteiger partial charge is 0.0143 e. The number of rotatable bonds is 1. The maximum absolute atomic E-state index is 5.81. The first kappa shape index (κ1) is 9.03. The topological polar surface area (TPSA) is 0 Å². The number of hydrogen-bond acceptors (Lipinski definition) is 0. The summed E-state index contributed by atoms with van der Waals surface area (Å²) in [7, 11) is 0. The molecular formula is C8H15Cl. The van der Waals surface area contributed by atoms with Crippen LogP contribution in [0.2, 0.25) is 0 Å². The number of allylic oxidation sites excluding steroid dienone is 2. The molecule has 0 aromatic heterocycles. The summed E-state index contributed by atoms with van der Waals surface area (Å²) in [6, 6.07) is 0. The third kappa shape index (κ3) is 5.91. The van der Waals surface area contributed by atoms with Crippen molar-refractivity contribution in [2.45, 2.75) is 34.1 Å². The van der Waals surface area contributed by atoms with Crippen molar-refractivity contribution < 1.29 is 0 Å². The average Bonchev–Trinajstić information content (AvgIpc) is 1.62. The molecule has 0 nitrogen and oxygen atoms in total. The van der Waals surface area contributed by atoms with Crippen molar-refractivity contribution in [1.29, 1.82) is 0 Å². The van der Waals surface area contributed by atoms with Crippen LogP contribution < -0.4 is 0 Å². The maximum atomic E-state index is 5.81. The van der Waals surface area contributed by atoms with E-state index in [4.69, 9.17) is 11.6 Å². The molecule has 54 valence electrons. The van der Waals surface area contributed by atoms with Gasteiger partial charge in [-0.3, -0.25) is 0 Å². The molecule has 0 amide bonds. The summed E-state index contributed by atoms with van der Waals surface area (Å²) < 4.78 is 0. The van der Waals surface area contributed by atoms with Crippen molar-refractivity contribution in [3.63, 3.8) is 0 Å². The molecule has 0 fully saturated rings. The number of hydrogen-bond donors (Lipinski definition) is 0. The van der Waals surface area contributed by atoms with E-state index in [9.17, 15) is 0 Å². The van der Waals surface area contributed by atoms with E-state index in [1.807, 2.05) is 0 Å². The normalized spacial score (nSPS) is 14.1. The summed E-state index contributed by atoms with van der Waals surface area (Å²) in [5.41, 5.74) is 0.229. The van der Waals surface area contributed by atoms with Crippen LogP contribution in [0.25, 0.3) is 0 Å². The van der Waals surface area contributed by atoms with Gasteiger partial charge in [0.25, 0.3) is 0 Å². The summed E-state index contributed by atoms with van der Waals surface area (Å²) in [5, 5.41) is 0.961. The molecule has 0 aromatic rings. The predicted octanol–water partition coefficient (Wildman–Crippen LogP) is 3.57. The molecule has 0 N–H and O–H groups in total. The molecule has 0 atom stereocenters. The van der Waals surface area contributed by atoms with Gasteiger partial charge < -0.3 is 0 Å². The molecule has 1 heteroatoms. The lowest BCUT2D eigenvalue weighted by atomic mass is 9.96. The van der Waals surface area contributed by atoms with Crippen LogP contribution >= 0.6 is 11.6 Å². The molecule has 0 aromatic carbocycles. The van der Waals surface area contributed by atoms with Gasteiger partial charge in [-0.2, -0.15) is 0 Å². The fourth-order valence-electron chi connectivity index (χ4n) is 0.572. The van der Waals surface area contributed by atoms with Crippen LogP contribution in [0.15, 0.2) is 11.1 Å². The molecule has 0 aliphatic heterocycles. The van der Waals surface area contributed by atoms with E-state index in [1.165, 1.54) is 0 Å². The first-order valence-corrected chi connectivity index (χ1v) is 3.70. The highest BCUT2D eigenvalue weighted by atomic mass is 35.5. The lowest BCUT2D eigenvalue weighted by molar-refractivity contribution is 0.541. The molecule has 0 bridgehead atoms. The van der Waals surface area contributed by atoms with E-state index < -0.39 is 0 Å². The van der Waals surface area contributed by atoms with Gasteiger partial charge in [0.2, 0.25) is 0 Å². The van der Waals surface area contributed by atoms with Crippen LogP contribution in [0.3, 0.4) is 0 Å². The van der Waals surface area contributed by atoms with E-state index in [-0.39, 0.29) is 5.41 Å². The minimum absolute atomic E-state index is 0.229. The van der Waals surface area contributed by atoms with E-state index in [2.05, 4.69) is 33.8 Å². The van der Waals surface area contributed by atoms with E-state index in [0.29, 0.717) is 0 Å². The zero-order chi connectivity index (χ0) is 7.49. The Labute approximate surface area is 62.9 Å². The monoisotopic (exact) mass is 146 g/mol. The van der Waals surface area contributed by atoms with Gasteiger partial charge >= 0.3 is 0 Å². The zero-order valence-electron chi connectivity index (χ0n) is 6.66. The Morgan fingerprint density at radius 1 is 1.44 bits per heavy atom. The molecule has 0 aliphatic carbocycles. The Morgan fingerprint density at radius 2 is 1.89 bits per heavy atom. The van der Waals surface area contributed by atoms with Crippen LogP contribution in [0, 0.1) is 5.41 Å². The van der Waals surface area contributed by atoms with Crippen LogP contribution in [-0.4, -0.2) is 0 Å². The Hall–Kier alpha value is 0.0300. The Bertz CT molecular complexity index is 106. The van der Waals surface area contributed by atoms with Crippen molar-refractivity contribution >= 4 is 11.6 Å². The lowest BCUT2D eigenvalue weighted by Gasteiger charge is -2.11. The molecule has 0 saturated heterocycles. The predicted molar refractivity (Wildman–Crippen MR) is 43.7 cm³/mol. The van der Waals surface area contributed by atoms with Crippen LogP contribution in [-0.2, 0) is 0 Å². The van der Waals surface area contributed by atoms with Gasteiger partial charge in [-0.25, -0.2) is 0 Å². The first-order chi connectivity index (χ1) is 3.95. The maximum Gasteiger partial charge on any atom is 0.0143 e. The van der Waals surface area contributed by atoms with Gasteiger partial charge in [0.1, 0.15) is 0 Å². The zero-order valence-corrected chi connectivity index (χ0v) is 7.42. The Balaban J connectivity index is 3.95. The quantitative estimate of drug-likeness (QED) is 0.531. The molecule has 0 aliphatic rings. The highest BCUT2D eigenvalue weighted by Crippen LogP contribution is 2.20. The molecule has 0 saturated carbocycles. The van der Waals surface area contributed by atoms with Gasteiger partial charge in [0, 0.05) is 5.03 Å². The molecule has 0 rings (SSSR count). The molecule has 0 unspecified atom stereocenters. The summed E-state index contributed by atoms with van der Waals surface area (Å²) in [5.74, 6) is 0. The summed E-state index contributed by atoms with van der Waals surface area (Å²) in [4.78, 5) is 0. The third-order valence-corrected chi connectivity index (χ3v) is 1.30. The Kier molecular flexibility index (Phi) is 3.27. The van der Waals surface area contributed by atoms with Crippen molar-refractivity contribution in [1.82, 2.24) is 0 Å². The van der Waals surface area contributed by atoms with E-state index in [0.717, 1.165) is 11.5 Å². The lowest BCUT2D eigenvalue weighted by Crippen LogP contribution is -1.99. The Morgan fingerprint density at radius 3 is 2.00 bits per heavy atom. The largest absolute Gasteiger partial charge is 0.0895 e. The molecular weight excluding hydrogens is 132 g/mol. The van der Waals surface area contributed by atoms with E-state index in [1.54, 1.807) is 0 Å².